The Morgan fingerprint density at radius 2 is 2.06 bits per heavy atom. The van der Waals surface area contributed by atoms with Crippen LogP contribution in [0.4, 0.5) is 4.39 Å². The van der Waals surface area contributed by atoms with E-state index in [4.69, 9.17) is 5.73 Å². The molecule has 1 aromatic carbocycles. The molecule has 0 amide bonds. The van der Waals surface area contributed by atoms with Crippen molar-refractivity contribution < 1.29 is 12.8 Å². The molecule has 0 saturated heterocycles. The molecule has 0 spiro atoms. The topological polar surface area (TPSA) is 72.2 Å². The summed E-state index contributed by atoms with van der Waals surface area (Å²) in [6.07, 6.45) is 0.722. The van der Waals surface area contributed by atoms with E-state index >= 15 is 0 Å². The molecule has 0 saturated carbocycles. The molecule has 6 heteroatoms. The Morgan fingerprint density at radius 1 is 1.41 bits per heavy atom. The molecule has 1 atom stereocenters. The zero-order valence-electron chi connectivity index (χ0n) is 9.69. The van der Waals surface area contributed by atoms with Crippen molar-refractivity contribution in [3.05, 3.63) is 30.1 Å². The monoisotopic (exact) mass is 260 g/mol. The Kier molecular flexibility index (Phi) is 5.04. The van der Waals surface area contributed by atoms with Crippen LogP contribution in [0.5, 0.6) is 0 Å². The smallest absolute Gasteiger partial charge is 0.243 e. The van der Waals surface area contributed by atoms with E-state index in [1.165, 1.54) is 18.2 Å². The molecule has 0 aliphatic rings. The first-order valence-corrected chi connectivity index (χ1v) is 6.90. The second kappa shape index (κ2) is 6.09. The summed E-state index contributed by atoms with van der Waals surface area (Å²) >= 11 is 0. The third-order valence-corrected chi connectivity index (χ3v) is 3.86. The van der Waals surface area contributed by atoms with Gasteiger partial charge in [-0.15, -0.1) is 0 Å². The summed E-state index contributed by atoms with van der Waals surface area (Å²) < 4.78 is 39.3. The lowest BCUT2D eigenvalue weighted by atomic mass is 10.1. The minimum Gasteiger partial charge on any atom is -0.330 e. The summed E-state index contributed by atoms with van der Waals surface area (Å²) in [7, 11) is -3.77. The largest absolute Gasteiger partial charge is 0.330 e. The van der Waals surface area contributed by atoms with Crippen LogP contribution in [0.1, 0.15) is 13.3 Å². The number of nitrogens with two attached hydrogens (primary N) is 1. The van der Waals surface area contributed by atoms with Gasteiger partial charge in [-0.1, -0.05) is 19.1 Å². The van der Waals surface area contributed by atoms with Crippen molar-refractivity contribution in [2.24, 2.45) is 11.7 Å². The van der Waals surface area contributed by atoms with Crippen LogP contribution in [0.15, 0.2) is 29.2 Å². The first-order chi connectivity index (χ1) is 7.97. The second-order valence-corrected chi connectivity index (χ2v) is 5.70. The Bertz CT molecular complexity index is 462. The number of hydrogen-bond donors (Lipinski definition) is 2. The van der Waals surface area contributed by atoms with Crippen LogP contribution < -0.4 is 10.5 Å². The summed E-state index contributed by atoms with van der Waals surface area (Å²) in [5.41, 5.74) is 5.37. The van der Waals surface area contributed by atoms with Gasteiger partial charge in [0.25, 0.3) is 0 Å². The van der Waals surface area contributed by atoms with Gasteiger partial charge in [0.2, 0.25) is 10.0 Å². The zero-order chi connectivity index (χ0) is 12.9. The maximum absolute atomic E-state index is 13.3. The fourth-order valence-corrected chi connectivity index (χ4v) is 2.62. The Labute approximate surface area is 101 Å². The third kappa shape index (κ3) is 4.07. The minimum absolute atomic E-state index is 0.126. The second-order valence-electron chi connectivity index (χ2n) is 3.96. The molecule has 1 rings (SSSR count). The van der Waals surface area contributed by atoms with Crippen LogP contribution in [0.3, 0.4) is 0 Å². The molecule has 3 N–H and O–H groups in total. The molecular weight excluding hydrogens is 243 g/mol. The molecule has 17 heavy (non-hydrogen) atoms. The lowest BCUT2D eigenvalue weighted by Gasteiger charge is -2.12. The van der Waals surface area contributed by atoms with E-state index < -0.39 is 15.8 Å². The predicted molar refractivity (Wildman–Crippen MR) is 64.4 cm³/mol. The fraction of sp³-hybridized carbons (Fsp3) is 0.455. The number of rotatable bonds is 6. The van der Waals surface area contributed by atoms with Crippen molar-refractivity contribution in [3.63, 3.8) is 0 Å². The number of nitrogens with one attached hydrogen (secondary N) is 1. The highest BCUT2D eigenvalue weighted by Crippen LogP contribution is 2.13. The van der Waals surface area contributed by atoms with Crippen molar-refractivity contribution in [2.75, 3.05) is 13.1 Å². The van der Waals surface area contributed by atoms with Crippen molar-refractivity contribution >= 4 is 10.0 Å². The van der Waals surface area contributed by atoms with Gasteiger partial charge in [0, 0.05) is 6.54 Å². The van der Waals surface area contributed by atoms with E-state index in [1.807, 2.05) is 6.92 Å². The van der Waals surface area contributed by atoms with E-state index in [0.29, 0.717) is 6.54 Å². The molecule has 4 nitrogen and oxygen atoms in total. The minimum atomic E-state index is -3.77. The van der Waals surface area contributed by atoms with Gasteiger partial charge in [0.15, 0.2) is 0 Å². The highest BCUT2D eigenvalue weighted by Gasteiger charge is 2.18. The van der Waals surface area contributed by atoms with Crippen molar-refractivity contribution in [2.45, 2.75) is 18.2 Å². The lowest BCUT2D eigenvalue weighted by molar-refractivity contribution is 0.510. The molecule has 1 unspecified atom stereocenters. The molecule has 0 heterocycles. The maximum Gasteiger partial charge on any atom is 0.243 e. The molecule has 0 fully saturated rings. The van der Waals surface area contributed by atoms with E-state index in [-0.39, 0.29) is 17.4 Å². The molecule has 0 aliphatic carbocycles. The van der Waals surface area contributed by atoms with E-state index in [0.717, 1.165) is 12.5 Å². The zero-order valence-corrected chi connectivity index (χ0v) is 10.5. The van der Waals surface area contributed by atoms with Crippen LogP contribution in [0, 0.1) is 11.7 Å². The highest BCUT2D eigenvalue weighted by atomic mass is 32.2. The van der Waals surface area contributed by atoms with Crippen molar-refractivity contribution in [1.29, 1.82) is 0 Å². The maximum atomic E-state index is 13.3. The Hall–Kier alpha value is -0.980. The van der Waals surface area contributed by atoms with Crippen molar-refractivity contribution in [3.8, 4) is 0 Å². The summed E-state index contributed by atoms with van der Waals surface area (Å²) in [6.45, 7) is 2.65. The number of hydrogen-bond acceptors (Lipinski definition) is 3. The quantitative estimate of drug-likeness (QED) is 0.804. The summed E-state index contributed by atoms with van der Waals surface area (Å²) in [4.78, 5) is -0.319. The molecule has 0 aliphatic heterocycles. The highest BCUT2D eigenvalue weighted by molar-refractivity contribution is 7.89. The molecule has 0 radical (unpaired) electrons. The average Bonchev–Trinajstić information content (AvgIpc) is 2.27. The molecular formula is C11H17FN2O2S. The summed E-state index contributed by atoms with van der Waals surface area (Å²) in [5, 5.41) is 0. The average molecular weight is 260 g/mol. The third-order valence-electron chi connectivity index (χ3n) is 2.41. The van der Waals surface area contributed by atoms with Gasteiger partial charge in [-0.25, -0.2) is 17.5 Å². The van der Waals surface area contributed by atoms with Gasteiger partial charge < -0.3 is 5.73 Å². The molecule has 96 valence electrons. The fourth-order valence-electron chi connectivity index (χ4n) is 1.38. The predicted octanol–water partition coefficient (Wildman–Crippen LogP) is 1.09. The van der Waals surface area contributed by atoms with Gasteiger partial charge in [0.05, 0.1) is 0 Å². The van der Waals surface area contributed by atoms with Gasteiger partial charge in [-0.2, -0.15) is 0 Å². The first kappa shape index (κ1) is 14.1. The lowest BCUT2D eigenvalue weighted by Crippen LogP contribution is -2.29. The van der Waals surface area contributed by atoms with E-state index in [2.05, 4.69) is 4.72 Å². The molecule has 0 bridgehead atoms. The van der Waals surface area contributed by atoms with Crippen LogP contribution in [0.25, 0.3) is 0 Å². The summed E-state index contributed by atoms with van der Waals surface area (Å²) in [5.74, 6) is -0.618. The SMILES string of the molecule is CC(CCN)CNS(=O)(=O)c1ccccc1F. The van der Waals surface area contributed by atoms with Crippen LogP contribution in [0.2, 0.25) is 0 Å². The van der Waals surface area contributed by atoms with Crippen LogP contribution >= 0.6 is 0 Å². The van der Waals surface area contributed by atoms with E-state index in [1.54, 1.807) is 0 Å². The normalized spacial score (nSPS) is 13.6. The van der Waals surface area contributed by atoms with Gasteiger partial charge in [-0.3, -0.25) is 0 Å². The number of benzene rings is 1. The van der Waals surface area contributed by atoms with Gasteiger partial charge in [0.1, 0.15) is 10.7 Å². The number of halogens is 1. The molecule has 1 aromatic rings. The van der Waals surface area contributed by atoms with E-state index in [9.17, 15) is 12.8 Å². The van der Waals surface area contributed by atoms with Gasteiger partial charge in [-0.05, 0) is 31.0 Å². The molecule has 0 aromatic heterocycles. The summed E-state index contributed by atoms with van der Waals surface area (Å²) in [6, 6.07) is 5.30. The van der Waals surface area contributed by atoms with Crippen LogP contribution in [-0.2, 0) is 10.0 Å². The standard InChI is InChI=1S/C11H17FN2O2S/c1-9(6-7-13)8-14-17(15,16)11-5-3-2-4-10(11)12/h2-5,9,14H,6-8,13H2,1H3. The Morgan fingerprint density at radius 3 is 2.65 bits per heavy atom. The van der Waals surface area contributed by atoms with Crippen LogP contribution in [-0.4, -0.2) is 21.5 Å². The Balaban J connectivity index is 2.73. The van der Waals surface area contributed by atoms with Gasteiger partial charge >= 0.3 is 0 Å². The van der Waals surface area contributed by atoms with Crippen molar-refractivity contribution in [1.82, 2.24) is 4.72 Å². The number of sulfonamides is 1. The first-order valence-electron chi connectivity index (χ1n) is 5.41.